The van der Waals surface area contributed by atoms with E-state index < -0.39 is 0 Å². The van der Waals surface area contributed by atoms with Crippen molar-refractivity contribution in [1.29, 1.82) is 0 Å². The minimum atomic E-state index is 0.538. The monoisotopic (exact) mass is 170 g/mol. The van der Waals surface area contributed by atoms with Gasteiger partial charge in [-0.05, 0) is 36.2 Å². The normalized spacial score (nSPS) is 28.3. The molecular formula is C10H18S. The van der Waals surface area contributed by atoms with Crippen molar-refractivity contribution in [3.05, 3.63) is 12.2 Å². The summed E-state index contributed by atoms with van der Waals surface area (Å²) in [6.07, 6.45) is 4.77. The maximum Gasteiger partial charge on any atom is -0.00105 e. The van der Waals surface area contributed by atoms with Gasteiger partial charge in [-0.2, -0.15) is 11.8 Å². The Kier molecular flexibility index (Phi) is 2.69. The maximum absolute atomic E-state index is 4.04. The summed E-state index contributed by atoms with van der Waals surface area (Å²) in [4.78, 5) is 0. The number of hydrogen-bond donors (Lipinski definition) is 0. The molecule has 0 amide bonds. The van der Waals surface area contributed by atoms with Crippen LogP contribution >= 0.6 is 11.8 Å². The van der Waals surface area contributed by atoms with Gasteiger partial charge in [0.05, 0.1) is 0 Å². The molecule has 0 aromatic heterocycles. The van der Waals surface area contributed by atoms with E-state index in [-0.39, 0.29) is 0 Å². The van der Waals surface area contributed by atoms with Gasteiger partial charge < -0.3 is 0 Å². The molecule has 0 spiro atoms. The van der Waals surface area contributed by atoms with Crippen LogP contribution in [0.4, 0.5) is 0 Å². The van der Waals surface area contributed by atoms with Gasteiger partial charge in [-0.1, -0.05) is 26.0 Å². The molecule has 2 unspecified atom stereocenters. The molecule has 0 bridgehead atoms. The van der Waals surface area contributed by atoms with Gasteiger partial charge >= 0.3 is 0 Å². The van der Waals surface area contributed by atoms with Crippen LogP contribution in [0.5, 0.6) is 0 Å². The van der Waals surface area contributed by atoms with Crippen LogP contribution in [-0.2, 0) is 0 Å². The van der Waals surface area contributed by atoms with E-state index in [0.717, 1.165) is 5.92 Å². The summed E-state index contributed by atoms with van der Waals surface area (Å²) >= 11 is 1.96. The predicted molar refractivity (Wildman–Crippen MR) is 54.0 cm³/mol. The molecule has 0 saturated heterocycles. The lowest BCUT2D eigenvalue weighted by atomic mass is 9.84. The van der Waals surface area contributed by atoms with Gasteiger partial charge in [-0.25, -0.2) is 0 Å². The first-order chi connectivity index (χ1) is 5.14. The second-order valence-corrected chi connectivity index (χ2v) is 4.72. The Bertz CT molecular complexity index is 162. The fraction of sp³-hybridized carbons (Fsp3) is 0.800. The SMILES string of the molecule is C=C1CC1C(C)(CC)CSC. The van der Waals surface area contributed by atoms with Crippen molar-refractivity contribution in [2.24, 2.45) is 11.3 Å². The number of rotatable bonds is 4. The number of hydrogen-bond acceptors (Lipinski definition) is 1. The summed E-state index contributed by atoms with van der Waals surface area (Å²) in [5, 5.41) is 0. The van der Waals surface area contributed by atoms with Crippen LogP contribution in [0.2, 0.25) is 0 Å². The van der Waals surface area contributed by atoms with E-state index in [4.69, 9.17) is 0 Å². The van der Waals surface area contributed by atoms with Gasteiger partial charge in [0.25, 0.3) is 0 Å². The van der Waals surface area contributed by atoms with Crippen LogP contribution < -0.4 is 0 Å². The highest BCUT2D eigenvalue weighted by atomic mass is 32.2. The van der Waals surface area contributed by atoms with Crippen molar-refractivity contribution < 1.29 is 0 Å². The third-order valence-electron chi connectivity index (χ3n) is 2.92. The van der Waals surface area contributed by atoms with Gasteiger partial charge in [0.2, 0.25) is 0 Å². The van der Waals surface area contributed by atoms with Crippen molar-refractivity contribution in [1.82, 2.24) is 0 Å². The van der Waals surface area contributed by atoms with Crippen molar-refractivity contribution in [3.8, 4) is 0 Å². The Morgan fingerprint density at radius 3 is 2.55 bits per heavy atom. The standard InChI is InChI=1S/C10H18S/c1-5-10(3,7-11-4)9-6-8(9)2/h9H,2,5-7H2,1,3-4H3. The molecule has 2 atom stereocenters. The summed E-state index contributed by atoms with van der Waals surface area (Å²) in [5.74, 6) is 2.12. The number of thioether (sulfide) groups is 1. The molecule has 64 valence electrons. The van der Waals surface area contributed by atoms with E-state index in [0.29, 0.717) is 5.41 Å². The van der Waals surface area contributed by atoms with Crippen LogP contribution in [0.15, 0.2) is 12.2 Å². The zero-order valence-corrected chi connectivity index (χ0v) is 8.63. The van der Waals surface area contributed by atoms with Crippen molar-refractivity contribution in [2.75, 3.05) is 12.0 Å². The molecule has 0 aromatic carbocycles. The summed E-state index contributed by atoms with van der Waals surface area (Å²) in [6, 6.07) is 0. The van der Waals surface area contributed by atoms with Crippen LogP contribution in [0.25, 0.3) is 0 Å². The molecule has 1 rings (SSSR count). The van der Waals surface area contributed by atoms with Gasteiger partial charge in [-0.3, -0.25) is 0 Å². The summed E-state index contributed by atoms with van der Waals surface area (Å²) < 4.78 is 0. The molecule has 1 aliphatic carbocycles. The molecule has 1 heteroatoms. The predicted octanol–water partition coefficient (Wildman–Crippen LogP) is 3.34. The minimum Gasteiger partial charge on any atom is -0.165 e. The van der Waals surface area contributed by atoms with Crippen LogP contribution in [0.1, 0.15) is 26.7 Å². The highest BCUT2D eigenvalue weighted by molar-refractivity contribution is 7.98. The summed E-state index contributed by atoms with van der Waals surface area (Å²) in [7, 11) is 0. The van der Waals surface area contributed by atoms with Crippen molar-refractivity contribution in [2.45, 2.75) is 26.7 Å². The number of allylic oxidation sites excluding steroid dienone is 1. The molecular weight excluding hydrogens is 152 g/mol. The minimum absolute atomic E-state index is 0.538. The highest BCUT2D eigenvalue weighted by Crippen LogP contribution is 2.52. The molecule has 11 heavy (non-hydrogen) atoms. The molecule has 0 N–H and O–H groups in total. The molecule has 1 saturated carbocycles. The third-order valence-corrected chi connectivity index (χ3v) is 3.87. The van der Waals surface area contributed by atoms with Gasteiger partial charge in [0, 0.05) is 0 Å². The average Bonchev–Trinajstić information content (AvgIpc) is 2.68. The third kappa shape index (κ3) is 1.81. The van der Waals surface area contributed by atoms with Crippen molar-refractivity contribution >= 4 is 11.8 Å². The van der Waals surface area contributed by atoms with E-state index >= 15 is 0 Å². The van der Waals surface area contributed by atoms with Gasteiger partial charge in [0.15, 0.2) is 0 Å². The first kappa shape index (κ1) is 9.18. The Morgan fingerprint density at radius 2 is 2.27 bits per heavy atom. The van der Waals surface area contributed by atoms with Crippen molar-refractivity contribution in [3.63, 3.8) is 0 Å². The summed E-state index contributed by atoms with van der Waals surface area (Å²) in [6.45, 7) is 8.72. The Hall–Kier alpha value is 0.0900. The Balaban J connectivity index is 2.52. The van der Waals surface area contributed by atoms with Crippen LogP contribution in [-0.4, -0.2) is 12.0 Å². The Labute approximate surface area is 74.5 Å². The van der Waals surface area contributed by atoms with Crippen LogP contribution in [0, 0.1) is 11.3 Å². The second-order valence-electron chi connectivity index (χ2n) is 3.86. The van der Waals surface area contributed by atoms with E-state index in [2.05, 4.69) is 26.7 Å². The molecule has 1 fully saturated rings. The maximum atomic E-state index is 4.04. The zero-order chi connectivity index (χ0) is 8.48. The zero-order valence-electron chi connectivity index (χ0n) is 7.81. The molecule has 0 nitrogen and oxygen atoms in total. The van der Waals surface area contributed by atoms with Crippen LogP contribution in [0.3, 0.4) is 0 Å². The Morgan fingerprint density at radius 1 is 1.73 bits per heavy atom. The summed E-state index contributed by atoms with van der Waals surface area (Å²) in [5.41, 5.74) is 2.01. The highest BCUT2D eigenvalue weighted by Gasteiger charge is 2.42. The largest absolute Gasteiger partial charge is 0.165 e. The second kappa shape index (κ2) is 3.22. The molecule has 0 radical (unpaired) electrons. The fourth-order valence-corrected chi connectivity index (χ4v) is 2.79. The first-order valence-electron chi connectivity index (χ1n) is 4.30. The molecule has 0 aromatic rings. The smallest absolute Gasteiger partial charge is 0.00105 e. The quantitative estimate of drug-likeness (QED) is 0.583. The van der Waals surface area contributed by atoms with E-state index in [1.165, 1.54) is 24.2 Å². The van der Waals surface area contributed by atoms with Gasteiger partial charge in [0.1, 0.15) is 0 Å². The first-order valence-corrected chi connectivity index (χ1v) is 5.70. The lowest BCUT2D eigenvalue weighted by Crippen LogP contribution is -2.21. The average molecular weight is 170 g/mol. The lowest BCUT2D eigenvalue weighted by Gasteiger charge is -2.26. The topological polar surface area (TPSA) is 0 Å². The van der Waals surface area contributed by atoms with E-state index in [9.17, 15) is 0 Å². The fourth-order valence-electron chi connectivity index (χ4n) is 1.72. The molecule has 0 aliphatic heterocycles. The molecule has 1 aliphatic rings. The molecule has 0 heterocycles. The van der Waals surface area contributed by atoms with E-state index in [1.54, 1.807) is 0 Å². The lowest BCUT2D eigenvalue weighted by molar-refractivity contribution is 0.317. The van der Waals surface area contributed by atoms with E-state index in [1.807, 2.05) is 11.8 Å². The van der Waals surface area contributed by atoms with Gasteiger partial charge in [-0.15, -0.1) is 0 Å².